The quantitative estimate of drug-likeness (QED) is 0.588. The molecule has 1 fully saturated rings. The summed E-state index contributed by atoms with van der Waals surface area (Å²) in [5.74, 6) is 2.70. The third kappa shape index (κ3) is 6.12. The minimum atomic E-state index is 0.143. The molecule has 0 atom stereocenters. The van der Waals surface area contributed by atoms with Crippen molar-refractivity contribution in [1.82, 2.24) is 19.9 Å². The molecular weight excluding hydrogens is 368 g/mol. The number of carbonyl (C=O) groups excluding carboxylic acids is 1. The minimum absolute atomic E-state index is 0.143. The van der Waals surface area contributed by atoms with Crippen LogP contribution in [-0.2, 0) is 4.79 Å². The van der Waals surface area contributed by atoms with E-state index >= 15 is 0 Å². The van der Waals surface area contributed by atoms with E-state index in [1.54, 1.807) is 19.3 Å². The topological polar surface area (TPSA) is 103 Å². The highest BCUT2D eigenvalue weighted by molar-refractivity contribution is 5.73. The van der Waals surface area contributed by atoms with Gasteiger partial charge in [0.1, 0.15) is 17.5 Å². The lowest BCUT2D eigenvalue weighted by Crippen LogP contribution is -2.36. The van der Waals surface area contributed by atoms with Crippen molar-refractivity contribution in [2.24, 2.45) is 0 Å². The highest BCUT2D eigenvalue weighted by Crippen LogP contribution is 2.31. The number of piperidine rings is 1. The van der Waals surface area contributed by atoms with Gasteiger partial charge in [0.15, 0.2) is 0 Å². The van der Waals surface area contributed by atoms with Crippen molar-refractivity contribution in [3.63, 3.8) is 0 Å². The van der Waals surface area contributed by atoms with E-state index < -0.39 is 0 Å². The van der Waals surface area contributed by atoms with Crippen molar-refractivity contribution < 1.29 is 9.90 Å². The maximum atomic E-state index is 11.6. The Morgan fingerprint density at radius 2 is 1.90 bits per heavy atom. The van der Waals surface area contributed by atoms with Crippen molar-refractivity contribution >= 4 is 23.4 Å². The van der Waals surface area contributed by atoms with Gasteiger partial charge in [-0.1, -0.05) is 0 Å². The molecule has 1 amide bonds. The first-order chi connectivity index (χ1) is 14.0. The first kappa shape index (κ1) is 21.0. The summed E-state index contributed by atoms with van der Waals surface area (Å²) in [6.45, 7) is 6.05. The second-order valence-corrected chi connectivity index (χ2v) is 7.48. The second-order valence-electron chi connectivity index (χ2n) is 7.48. The standard InChI is InChI=1S/C21H30N6O2/c1-15-13-24-21(14-23-15)26-20-12-18(11-19(25-20)22-7-3-4-10-28)17-5-8-27(9-6-17)16(2)29/h11-14,17,28H,3-10H2,1-2H3,(H2,22,24,25,26). The second kappa shape index (κ2) is 10.2. The van der Waals surface area contributed by atoms with E-state index in [1.165, 1.54) is 5.56 Å². The molecule has 0 saturated carbocycles. The van der Waals surface area contributed by atoms with Crippen LogP contribution in [0.1, 0.15) is 49.8 Å². The van der Waals surface area contributed by atoms with Gasteiger partial charge in [-0.3, -0.25) is 9.78 Å². The molecule has 1 aliphatic heterocycles. The van der Waals surface area contributed by atoms with Crippen molar-refractivity contribution in [1.29, 1.82) is 0 Å². The first-order valence-corrected chi connectivity index (χ1v) is 10.2. The van der Waals surface area contributed by atoms with Crippen molar-refractivity contribution in [2.75, 3.05) is 36.9 Å². The van der Waals surface area contributed by atoms with Crippen LogP contribution in [0.2, 0.25) is 0 Å². The molecule has 0 spiro atoms. The molecular formula is C21H30N6O2. The Bertz CT molecular complexity index is 803. The molecule has 0 unspecified atom stereocenters. The molecule has 0 aliphatic carbocycles. The SMILES string of the molecule is CC(=O)N1CCC(c2cc(NCCCCO)nc(Nc3cnc(C)cn3)c2)CC1. The van der Waals surface area contributed by atoms with Crippen LogP contribution < -0.4 is 10.6 Å². The molecule has 0 radical (unpaired) electrons. The third-order valence-electron chi connectivity index (χ3n) is 5.19. The molecule has 2 aromatic rings. The van der Waals surface area contributed by atoms with Gasteiger partial charge in [-0.25, -0.2) is 9.97 Å². The fourth-order valence-electron chi connectivity index (χ4n) is 3.51. The maximum absolute atomic E-state index is 11.6. The van der Waals surface area contributed by atoms with Crippen molar-refractivity contribution in [3.05, 3.63) is 35.8 Å². The molecule has 3 heterocycles. The molecule has 3 rings (SSSR count). The lowest BCUT2D eigenvalue weighted by molar-refractivity contribution is -0.129. The number of aliphatic hydroxyl groups is 1. The third-order valence-corrected chi connectivity index (χ3v) is 5.19. The van der Waals surface area contributed by atoms with Crippen LogP contribution in [-0.4, -0.2) is 57.1 Å². The number of nitrogens with one attached hydrogen (secondary N) is 2. The van der Waals surface area contributed by atoms with Crippen molar-refractivity contribution in [2.45, 2.75) is 45.4 Å². The van der Waals surface area contributed by atoms with E-state index in [1.807, 2.05) is 11.8 Å². The van der Waals surface area contributed by atoms with Crippen LogP contribution in [0.4, 0.5) is 17.5 Å². The number of amides is 1. The number of pyridine rings is 1. The molecule has 8 heteroatoms. The number of nitrogens with zero attached hydrogens (tertiary/aromatic N) is 4. The molecule has 156 valence electrons. The zero-order chi connectivity index (χ0) is 20.6. The van der Waals surface area contributed by atoms with E-state index in [0.717, 1.165) is 62.6 Å². The monoisotopic (exact) mass is 398 g/mol. The van der Waals surface area contributed by atoms with Gasteiger partial charge in [0.25, 0.3) is 0 Å². The van der Waals surface area contributed by atoms with Crippen LogP contribution in [0.25, 0.3) is 0 Å². The van der Waals surface area contributed by atoms with E-state index in [4.69, 9.17) is 5.11 Å². The number of unbranched alkanes of at least 4 members (excludes halogenated alkanes) is 1. The van der Waals surface area contributed by atoms with Crippen LogP contribution in [0.15, 0.2) is 24.5 Å². The van der Waals surface area contributed by atoms with Gasteiger partial charge in [0.2, 0.25) is 5.91 Å². The Labute approximate surface area is 171 Å². The lowest BCUT2D eigenvalue weighted by atomic mass is 9.89. The Morgan fingerprint density at radius 1 is 1.14 bits per heavy atom. The summed E-state index contributed by atoms with van der Waals surface area (Å²) in [6.07, 6.45) is 6.95. The molecule has 29 heavy (non-hydrogen) atoms. The van der Waals surface area contributed by atoms with Crippen LogP contribution >= 0.6 is 0 Å². The van der Waals surface area contributed by atoms with Crippen molar-refractivity contribution in [3.8, 4) is 0 Å². The van der Waals surface area contributed by atoms with Gasteiger partial charge in [0, 0.05) is 33.2 Å². The van der Waals surface area contributed by atoms with Crippen LogP contribution in [0.5, 0.6) is 0 Å². The number of carbonyl (C=O) groups is 1. The highest BCUT2D eigenvalue weighted by Gasteiger charge is 2.23. The summed E-state index contributed by atoms with van der Waals surface area (Å²) in [5.41, 5.74) is 2.07. The predicted molar refractivity (Wildman–Crippen MR) is 113 cm³/mol. The molecule has 0 aromatic carbocycles. The molecule has 1 aliphatic rings. The van der Waals surface area contributed by atoms with Crippen LogP contribution in [0, 0.1) is 6.92 Å². The average Bonchev–Trinajstić information content (AvgIpc) is 2.73. The number of hydrogen-bond donors (Lipinski definition) is 3. The Hall–Kier alpha value is -2.74. The van der Waals surface area contributed by atoms with Gasteiger partial charge in [-0.15, -0.1) is 0 Å². The summed E-state index contributed by atoms with van der Waals surface area (Å²) in [5, 5.41) is 15.6. The molecule has 8 nitrogen and oxygen atoms in total. The summed E-state index contributed by atoms with van der Waals surface area (Å²) in [4.78, 5) is 26.8. The smallest absolute Gasteiger partial charge is 0.219 e. The predicted octanol–water partition coefficient (Wildman–Crippen LogP) is 2.83. The zero-order valence-corrected chi connectivity index (χ0v) is 17.2. The Morgan fingerprint density at radius 3 is 2.55 bits per heavy atom. The fourth-order valence-corrected chi connectivity index (χ4v) is 3.51. The van der Waals surface area contributed by atoms with Gasteiger partial charge in [0.05, 0.1) is 18.1 Å². The van der Waals surface area contributed by atoms with Gasteiger partial charge < -0.3 is 20.6 Å². The van der Waals surface area contributed by atoms with Gasteiger partial charge in [-0.2, -0.15) is 0 Å². The molecule has 2 aromatic heterocycles. The Balaban J connectivity index is 1.76. The summed E-state index contributed by atoms with van der Waals surface area (Å²) < 4.78 is 0. The van der Waals surface area contributed by atoms with E-state index in [9.17, 15) is 4.79 Å². The summed E-state index contributed by atoms with van der Waals surface area (Å²) >= 11 is 0. The fraction of sp³-hybridized carbons (Fsp3) is 0.524. The first-order valence-electron chi connectivity index (χ1n) is 10.2. The minimum Gasteiger partial charge on any atom is -0.396 e. The largest absolute Gasteiger partial charge is 0.396 e. The van der Waals surface area contributed by atoms with Crippen LogP contribution in [0.3, 0.4) is 0 Å². The maximum Gasteiger partial charge on any atom is 0.219 e. The molecule has 3 N–H and O–H groups in total. The number of aliphatic hydroxyl groups excluding tert-OH is 1. The van der Waals surface area contributed by atoms with Gasteiger partial charge in [-0.05, 0) is 56.2 Å². The average molecular weight is 399 g/mol. The number of aromatic nitrogens is 3. The van der Waals surface area contributed by atoms with E-state index in [2.05, 4.69) is 37.7 Å². The van der Waals surface area contributed by atoms with Gasteiger partial charge >= 0.3 is 0 Å². The van der Waals surface area contributed by atoms with E-state index in [-0.39, 0.29) is 12.5 Å². The zero-order valence-electron chi connectivity index (χ0n) is 17.2. The Kier molecular flexibility index (Phi) is 7.35. The summed E-state index contributed by atoms with van der Waals surface area (Å²) in [7, 11) is 0. The number of likely N-dealkylation sites (tertiary alicyclic amines) is 1. The normalized spacial score (nSPS) is 14.7. The number of aryl methyl sites for hydroxylation is 1. The molecule has 1 saturated heterocycles. The molecule has 0 bridgehead atoms. The number of anilines is 3. The number of rotatable bonds is 8. The highest BCUT2D eigenvalue weighted by atomic mass is 16.2. The summed E-state index contributed by atoms with van der Waals surface area (Å²) in [6, 6.07) is 4.16. The number of hydrogen-bond acceptors (Lipinski definition) is 7. The van der Waals surface area contributed by atoms with E-state index in [0.29, 0.717) is 11.7 Å². The lowest BCUT2D eigenvalue weighted by Gasteiger charge is -2.31.